The lowest BCUT2D eigenvalue weighted by atomic mass is 10.2. The maximum absolute atomic E-state index is 5.12. The summed E-state index contributed by atoms with van der Waals surface area (Å²) in [5.74, 6) is 0. The molecule has 11 heavy (non-hydrogen) atoms. The first-order valence-electron chi connectivity index (χ1n) is 4.09. The quantitative estimate of drug-likeness (QED) is 0.589. The largest absolute Gasteiger partial charge is 0.354 e. The Hall–Kier alpha value is -0.120. The predicted octanol–water partition coefficient (Wildman–Crippen LogP) is 0.993. The maximum Gasteiger partial charge on any atom is 0.171 e. The summed E-state index contributed by atoms with van der Waals surface area (Å²) in [5.41, 5.74) is 0. The van der Waals surface area contributed by atoms with E-state index >= 15 is 0 Å². The zero-order valence-electron chi connectivity index (χ0n) is 7.89. The number of methoxy groups -OCH3 is 2. The minimum absolute atomic E-state index is 0.125. The van der Waals surface area contributed by atoms with Gasteiger partial charge in [0.25, 0.3) is 0 Å². The van der Waals surface area contributed by atoms with E-state index in [9.17, 15) is 0 Å². The highest BCUT2D eigenvalue weighted by atomic mass is 16.7. The van der Waals surface area contributed by atoms with Crippen LogP contribution in [0.1, 0.15) is 20.3 Å². The molecule has 0 aromatic heterocycles. The van der Waals surface area contributed by atoms with Gasteiger partial charge in [0.15, 0.2) is 6.29 Å². The van der Waals surface area contributed by atoms with E-state index in [0.29, 0.717) is 6.04 Å². The van der Waals surface area contributed by atoms with E-state index in [1.165, 1.54) is 0 Å². The molecule has 1 unspecified atom stereocenters. The topological polar surface area (TPSA) is 30.5 Å². The van der Waals surface area contributed by atoms with Crippen LogP contribution in [-0.4, -0.2) is 33.1 Å². The molecule has 0 fully saturated rings. The van der Waals surface area contributed by atoms with E-state index in [1.54, 1.807) is 14.2 Å². The van der Waals surface area contributed by atoms with Gasteiger partial charge in [0.05, 0.1) is 6.04 Å². The van der Waals surface area contributed by atoms with Gasteiger partial charge in [0.2, 0.25) is 0 Å². The van der Waals surface area contributed by atoms with Gasteiger partial charge in [-0.15, -0.1) is 0 Å². The zero-order chi connectivity index (χ0) is 8.69. The Morgan fingerprint density at radius 3 is 2.00 bits per heavy atom. The Kier molecular flexibility index (Phi) is 6.51. The summed E-state index contributed by atoms with van der Waals surface area (Å²) in [4.78, 5) is 0. The van der Waals surface area contributed by atoms with Crippen molar-refractivity contribution in [2.75, 3.05) is 20.8 Å². The van der Waals surface area contributed by atoms with Crippen molar-refractivity contribution in [3.8, 4) is 0 Å². The van der Waals surface area contributed by atoms with Crippen molar-refractivity contribution in [1.29, 1.82) is 0 Å². The molecule has 0 heterocycles. The second-order valence-electron chi connectivity index (χ2n) is 2.41. The third-order valence-electron chi connectivity index (χ3n) is 1.70. The molecule has 3 nitrogen and oxygen atoms in total. The van der Waals surface area contributed by atoms with Crippen molar-refractivity contribution in [3.05, 3.63) is 0 Å². The molecular weight excluding hydrogens is 142 g/mol. The van der Waals surface area contributed by atoms with Gasteiger partial charge in [0, 0.05) is 14.2 Å². The predicted molar refractivity (Wildman–Crippen MR) is 45.6 cm³/mol. The molecule has 0 aliphatic carbocycles. The molecule has 0 saturated heterocycles. The van der Waals surface area contributed by atoms with Gasteiger partial charge >= 0.3 is 0 Å². The van der Waals surface area contributed by atoms with Crippen molar-refractivity contribution in [3.63, 3.8) is 0 Å². The van der Waals surface area contributed by atoms with E-state index in [0.717, 1.165) is 13.0 Å². The molecule has 0 saturated carbocycles. The van der Waals surface area contributed by atoms with Crippen LogP contribution in [0.15, 0.2) is 0 Å². The van der Waals surface area contributed by atoms with E-state index in [2.05, 4.69) is 19.2 Å². The van der Waals surface area contributed by atoms with Crippen LogP contribution in [0.4, 0.5) is 0 Å². The minimum Gasteiger partial charge on any atom is -0.354 e. The molecule has 68 valence electrons. The first-order chi connectivity index (χ1) is 5.29. The second-order valence-corrected chi connectivity index (χ2v) is 2.41. The van der Waals surface area contributed by atoms with Gasteiger partial charge < -0.3 is 14.8 Å². The van der Waals surface area contributed by atoms with Crippen molar-refractivity contribution in [1.82, 2.24) is 5.32 Å². The van der Waals surface area contributed by atoms with Crippen LogP contribution < -0.4 is 5.32 Å². The Bertz CT molecular complexity index is 84.2. The Labute approximate surface area is 69.1 Å². The summed E-state index contributed by atoms with van der Waals surface area (Å²) < 4.78 is 10.2. The van der Waals surface area contributed by atoms with Crippen LogP contribution in [0.3, 0.4) is 0 Å². The Balaban J connectivity index is 3.76. The van der Waals surface area contributed by atoms with Crippen molar-refractivity contribution >= 4 is 0 Å². The minimum atomic E-state index is -0.125. The number of hydrogen-bond donors (Lipinski definition) is 1. The van der Waals surface area contributed by atoms with Crippen LogP contribution >= 0.6 is 0 Å². The molecule has 0 aliphatic rings. The van der Waals surface area contributed by atoms with Gasteiger partial charge in [-0.25, -0.2) is 0 Å². The van der Waals surface area contributed by atoms with Gasteiger partial charge in [-0.05, 0) is 13.0 Å². The molecular formula is C8H19NO2. The molecule has 0 bridgehead atoms. The standard InChI is InChI=1S/C8H19NO2/c1-5-7(9-6-2)8(10-3)11-4/h7-9H,5-6H2,1-4H3. The van der Waals surface area contributed by atoms with Crippen molar-refractivity contribution in [2.45, 2.75) is 32.6 Å². The average Bonchev–Trinajstić information content (AvgIpc) is 2.05. The first kappa shape index (κ1) is 10.9. The normalized spacial score (nSPS) is 13.9. The summed E-state index contributed by atoms with van der Waals surface area (Å²) in [6.07, 6.45) is 0.889. The maximum atomic E-state index is 5.12. The third-order valence-corrected chi connectivity index (χ3v) is 1.70. The molecule has 0 radical (unpaired) electrons. The molecule has 0 aliphatic heterocycles. The summed E-state index contributed by atoms with van der Waals surface area (Å²) in [7, 11) is 3.32. The monoisotopic (exact) mass is 161 g/mol. The Morgan fingerprint density at radius 1 is 1.18 bits per heavy atom. The molecule has 3 heteroatoms. The number of hydrogen-bond acceptors (Lipinski definition) is 3. The summed E-state index contributed by atoms with van der Waals surface area (Å²) in [5, 5.41) is 3.28. The molecule has 0 spiro atoms. The third kappa shape index (κ3) is 3.70. The van der Waals surface area contributed by atoms with E-state index in [4.69, 9.17) is 9.47 Å². The molecule has 0 aromatic carbocycles. The fraction of sp³-hybridized carbons (Fsp3) is 1.00. The van der Waals surface area contributed by atoms with Crippen LogP contribution in [0.5, 0.6) is 0 Å². The fourth-order valence-corrected chi connectivity index (χ4v) is 1.12. The average molecular weight is 161 g/mol. The summed E-state index contributed by atoms with van der Waals surface area (Å²) >= 11 is 0. The van der Waals surface area contributed by atoms with E-state index < -0.39 is 0 Å². The summed E-state index contributed by atoms with van der Waals surface area (Å²) in [6, 6.07) is 0.301. The van der Waals surface area contributed by atoms with Crippen LogP contribution in [0, 0.1) is 0 Å². The zero-order valence-corrected chi connectivity index (χ0v) is 7.89. The van der Waals surface area contributed by atoms with Gasteiger partial charge in [-0.2, -0.15) is 0 Å². The van der Waals surface area contributed by atoms with E-state index in [1.807, 2.05) is 0 Å². The SMILES string of the molecule is CCNC(CC)C(OC)OC. The summed E-state index contributed by atoms with van der Waals surface area (Å²) in [6.45, 7) is 5.13. The number of nitrogens with one attached hydrogen (secondary N) is 1. The lowest BCUT2D eigenvalue weighted by molar-refractivity contribution is -0.123. The number of likely N-dealkylation sites (N-methyl/N-ethyl adjacent to an activating group) is 1. The van der Waals surface area contributed by atoms with Crippen LogP contribution in [-0.2, 0) is 9.47 Å². The van der Waals surface area contributed by atoms with Gasteiger partial charge in [-0.3, -0.25) is 0 Å². The lowest BCUT2D eigenvalue weighted by Crippen LogP contribution is -2.41. The molecule has 0 amide bonds. The van der Waals surface area contributed by atoms with Crippen LogP contribution in [0.25, 0.3) is 0 Å². The highest BCUT2D eigenvalue weighted by Gasteiger charge is 2.16. The van der Waals surface area contributed by atoms with E-state index in [-0.39, 0.29) is 6.29 Å². The fourth-order valence-electron chi connectivity index (χ4n) is 1.12. The van der Waals surface area contributed by atoms with Crippen molar-refractivity contribution < 1.29 is 9.47 Å². The Morgan fingerprint density at radius 2 is 1.73 bits per heavy atom. The second kappa shape index (κ2) is 6.58. The number of rotatable bonds is 6. The molecule has 1 atom stereocenters. The van der Waals surface area contributed by atoms with Gasteiger partial charge in [0.1, 0.15) is 0 Å². The first-order valence-corrected chi connectivity index (χ1v) is 4.09. The molecule has 0 aromatic rings. The highest BCUT2D eigenvalue weighted by Crippen LogP contribution is 2.02. The lowest BCUT2D eigenvalue weighted by Gasteiger charge is -2.23. The molecule has 1 N–H and O–H groups in total. The smallest absolute Gasteiger partial charge is 0.171 e. The number of ether oxygens (including phenoxy) is 2. The highest BCUT2D eigenvalue weighted by molar-refractivity contribution is 4.67. The van der Waals surface area contributed by atoms with Crippen LogP contribution in [0.2, 0.25) is 0 Å². The van der Waals surface area contributed by atoms with Crippen molar-refractivity contribution in [2.24, 2.45) is 0 Å². The molecule has 0 rings (SSSR count). The van der Waals surface area contributed by atoms with Gasteiger partial charge in [-0.1, -0.05) is 13.8 Å².